The standard InChI is InChI=1S/C15H13F3N2O2S/c1-20(12-8-4-2-5-9-12)14(15(16,17)18)19-23(21,22)13-10-6-3-7-11-13/h2-11H,1H3/b19-14+. The van der Waals surface area contributed by atoms with Crippen molar-refractivity contribution < 1.29 is 21.6 Å². The summed E-state index contributed by atoms with van der Waals surface area (Å²) in [6, 6.07) is 14.4. The lowest BCUT2D eigenvalue weighted by Gasteiger charge is -2.22. The van der Waals surface area contributed by atoms with Gasteiger partial charge in [-0.3, -0.25) is 0 Å². The largest absolute Gasteiger partial charge is 0.450 e. The first-order valence-electron chi connectivity index (χ1n) is 6.48. The molecule has 0 unspecified atom stereocenters. The molecular weight excluding hydrogens is 329 g/mol. The first-order chi connectivity index (χ1) is 10.7. The number of anilines is 1. The molecule has 0 spiro atoms. The number of sulfonamides is 1. The van der Waals surface area contributed by atoms with E-state index in [1.165, 1.54) is 36.4 Å². The highest BCUT2D eigenvalue weighted by Gasteiger charge is 2.41. The van der Waals surface area contributed by atoms with E-state index in [1.807, 2.05) is 0 Å². The van der Waals surface area contributed by atoms with E-state index >= 15 is 0 Å². The Morgan fingerprint density at radius 1 is 0.957 bits per heavy atom. The third-order valence-corrected chi connectivity index (χ3v) is 4.24. The Morgan fingerprint density at radius 2 is 1.43 bits per heavy atom. The van der Waals surface area contributed by atoms with E-state index in [2.05, 4.69) is 4.40 Å². The molecule has 0 aliphatic carbocycles. The minimum absolute atomic E-state index is 0.173. The predicted molar refractivity (Wildman–Crippen MR) is 82.0 cm³/mol. The highest BCUT2D eigenvalue weighted by atomic mass is 32.2. The Labute approximate surface area is 131 Å². The molecular formula is C15H13F3N2O2S. The number of rotatable bonds is 3. The molecule has 0 aromatic heterocycles. The third-order valence-electron chi connectivity index (χ3n) is 2.96. The Morgan fingerprint density at radius 3 is 1.91 bits per heavy atom. The van der Waals surface area contributed by atoms with Gasteiger partial charge in [-0.25, -0.2) is 0 Å². The van der Waals surface area contributed by atoms with Gasteiger partial charge in [0.1, 0.15) is 0 Å². The number of hydrogen-bond acceptors (Lipinski definition) is 2. The minimum atomic E-state index is -4.92. The lowest BCUT2D eigenvalue weighted by Crippen LogP contribution is -2.39. The Kier molecular flexibility index (Phi) is 4.74. The number of benzene rings is 2. The van der Waals surface area contributed by atoms with Crippen LogP contribution in [0.2, 0.25) is 0 Å². The number of para-hydroxylation sites is 1. The quantitative estimate of drug-likeness (QED) is 0.634. The molecule has 0 atom stereocenters. The van der Waals surface area contributed by atoms with E-state index < -0.39 is 22.0 Å². The first kappa shape index (κ1) is 17.0. The summed E-state index contributed by atoms with van der Waals surface area (Å²) in [6.45, 7) is 0. The monoisotopic (exact) mass is 342 g/mol. The molecule has 2 aromatic carbocycles. The van der Waals surface area contributed by atoms with Crippen molar-refractivity contribution in [1.29, 1.82) is 0 Å². The molecule has 4 nitrogen and oxygen atoms in total. The van der Waals surface area contributed by atoms with Crippen LogP contribution in [0.1, 0.15) is 0 Å². The average Bonchev–Trinajstić information content (AvgIpc) is 2.53. The smallest absolute Gasteiger partial charge is 0.325 e. The zero-order valence-electron chi connectivity index (χ0n) is 12.0. The molecule has 23 heavy (non-hydrogen) atoms. The Bertz CT molecular complexity index is 788. The van der Waals surface area contributed by atoms with Gasteiger partial charge in [0.25, 0.3) is 10.0 Å². The van der Waals surface area contributed by atoms with Crippen LogP contribution < -0.4 is 4.90 Å². The molecule has 0 radical (unpaired) electrons. The summed E-state index contributed by atoms with van der Waals surface area (Å²) in [4.78, 5) is 0.392. The second-order valence-electron chi connectivity index (χ2n) is 4.60. The summed E-state index contributed by atoms with van der Waals surface area (Å²) in [6.07, 6.45) is -4.92. The lowest BCUT2D eigenvalue weighted by molar-refractivity contribution is -0.0598. The second-order valence-corrected chi connectivity index (χ2v) is 6.20. The number of alkyl halides is 3. The summed E-state index contributed by atoms with van der Waals surface area (Å²) < 4.78 is 67.0. The molecule has 0 N–H and O–H groups in total. The molecule has 122 valence electrons. The van der Waals surface area contributed by atoms with Gasteiger partial charge in [-0.05, 0) is 24.3 Å². The summed E-state index contributed by atoms with van der Waals surface area (Å²) in [5, 5.41) is 0. The van der Waals surface area contributed by atoms with Crippen LogP contribution in [0.5, 0.6) is 0 Å². The summed E-state index contributed by atoms with van der Waals surface area (Å²) in [5.41, 5.74) is 0.173. The van der Waals surface area contributed by atoms with E-state index in [4.69, 9.17) is 0 Å². The van der Waals surface area contributed by atoms with E-state index in [-0.39, 0.29) is 10.6 Å². The van der Waals surface area contributed by atoms with Crippen LogP contribution in [0.25, 0.3) is 0 Å². The van der Waals surface area contributed by atoms with Gasteiger partial charge in [0.2, 0.25) is 5.84 Å². The first-order valence-corrected chi connectivity index (χ1v) is 7.92. The van der Waals surface area contributed by atoms with Gasteiger partial charge in [0.05, 0.1) is 4.90 Å². The molecule has 8 heteroatoms. The maximum absolute atomic E-state index is 13.3. The molecule has 2 aromatic rings. The molecule has 0 aliphatic rings. The molecule has 0 heterocycles. The van der Waals surface area contributed by atoms with Crippen molar-refractivity contribution in [3.05, 3.63) is 60.7 Å². The van der Waals surface area contributed by atoms with Crippen LogP contribution in [0.4, 0.5) is 18.9 Å². The summed E-state index contributed by atoms with van der Waals surface area (Å²) in [7, 11) is -3.36. The van der Waals surface area contributed by atoms with Crippen molar-refractivity contribution in [2.75, 3.05) is 11.9 Å². The maximum atomic E-state index is 13.3. The van der Waals surface area contributed by atoms with Gasteiger partial charge in [0.15, 0.2) is 0 Å². The van der Waals surface area contributed by atoms with Crippen molar-refractivity contribution in [3.8, 4) is 0 Å². The zero-order valence-corrected chi connectivity index (χ0v) is 12.8. The van der Waals surface area contributed by atoms with Crippen molar-refractivity contribution in [1.82, 2.24) is 0 Å². The number of halogens is 3. The van der Waals surface area contributed by atoms with Crippen LogP contribution in [0.15, 0.2) is 70.0 Å². The van der Waals surface area contributed by atoms with Crippen molar-refractivity contribution >= 4 is 21.5 Å². The molecule has 0 saturated heterocycles. The minimum Gasteiger partial charge on any atom is -0.325 e. The maximum Gasteiger partial charge on any atom is 0.450 e. The molecule has 0 amide bonds. The van der Waals surface area contributed by atoms with E-state index in [1.54, 1.807) is 24.3 Å². The Balaban J connectivity index is 2.52. The van der Waals surface area contributed by atoms with Crippen molar-refractivity contribution in [2.45, 2.75) is 11.1 Å². The van der Waals surface area contributed by atoms with E-state index in [0.717, 1.165) is 7.05 Å². The average molecular weight is 342 g/mol. The number of hydrogen-bond donors (Lipinski definition) is 0. The van der Waals surface area contributed by atoms with Gasteiger partial charge < -0.3 is 4.90 Å². The fourth-order valence-corrected chi connectivity index (χ4v) is 2.90. The molecule has 0 saturated carbocycles. The fourth-order valence-electron chi connectivity index (χ4n) is 1.84. The van der Waals surface area contributed by atoms with Gasteiger partial charge in [-0.1, -0.05) is 36.4 Å². The Hall–Kier alpha value is -2.35. The SMILES string of the molecule is CN(/C(=N/S(=O)(=O)c1ccccc1)C(F)(F)F)c1ccccc1. The number of amidine groups is 1. The molecule has 0 fully saturated rings. The highest BCUT2D eigenvalue weighted by Crippen LogP contribution is 2.25. The lowest BCUT2D eigenvalue weighted by atomic mass is 10.3. The van der Waals surface area contributed by atoms with Crippen molar-refractivity contribution in [2.24, 2.45) is 4.40 Å². The summed E-state index contributed by atoms with van der Waals surface area (Å²) >= 11 is 0. The normalized spacial score (nSPS) is 13.0. The molecule has 0 aliphatic heterocycles. The summed E-state index contributed by atoms with van der Waals surface area (Å²) in [5.74, 6) is -1.51. The van der Waals surface area contributed by atoms with Crippen LogP contribution in [-0.2, 0) is 10.0 Å². The van der Waals surface area contributed by atoms with E-state index in [9.17, 15) is 21.6 Å². The van der Waals surface area contributed by atoms with Gasteiger partial charge >= 0.3 is 6.18 Å². The second kappa shape index (κ2) is 6.41. The highest BCUT2D eigenvalue weighted by molar-refractivity contribution is 7.90. The van der Waals surface area contributed by atoms with E-state index in [0.29, 0.717) is 4.90 Å². The van der Waals surface area contributed by atoms with Crippen LogP contribution in [0.3, 0.4) is 0 Å². The van der Waals surface area contributed by atoms with Crippen LogP contribution in [0, 0.1) is 0 Å². The van der Waals surface area contributed by atoms with Crippen LogP contribution >= 0.6 is 0 Å². The fraction of sp³-hybridized carbons (Fsp3) is 0.133. The van der Waals surface area contributed by atoms with Crippen LogP contribution in [-0.4, -0.2) is 27.5 Å². The topological polar surface area (TPSA) is 49.7 Å². The van der Waals surface area contributed by atoms with Crippen molar-refractivity contribution in [3.63, 3.8) is 0 Å². The predicted octanol–water partition coefficient (Wildman–Crippen LogP) is 3.47. The number of nitrogens with zero attached hydrogens (tertiary/aromatic N) is 2. The van der Waals surface area contributed by atoms with Gasteiger partial charge in [-0.15, -0.1) is 4.40 Å². The molecule has 2 rings (SSSR count). The van der Waals surface area contributed by atoms with Gasteiger partial charge in [0, 0.05) is 12.7 Å². The van der Waals surface area contributed by atoms with Gasteiger partial charge in [-0.2, -0.15) is 21.6 Å². The third kappa shape index (κ3) is 4.10. The zero-order chi connectivity index (χ0) is 17.1. The molecule has 0 bridgehead atoms.